The second-order valence-corrected chi connectivity index (χ2v) is 4.48. The number of anilines is 1. The van der Waals surface area contributed by atoms with E-state index in [1.165, 1.54) is 0 Å². The standard InChI is InChI=1S/C13H18N2O2/c1-8-13(7-14)17-12-5-4-10(9(2)16)6-11(12)15(8)3/h4-6,8,13H,7,14H2,1-3H3. The number of ketones is 1. The largest absolute Gasteiger partial charge is 0.485 e. The Kier molecular flexibility index (Phi) is 3.07. The number of carbonyl (C=O) groups is 1. The number of nitrogens with zero attached hydrogens (tertiary/aromatic N) is 1. The van der Waals surface area contributed by atoms with Crippen LogP contribution < -0.4 is 15.4 Å². The molecule has 0 aromatic heterocycles. The van der Waals surface area contributed by atoms with Crippen LogP contribution in [0.5, 0.6) is 5.75 Å². The summed E-state index contributed by atoms with van der Waals surface area (Å²) >= 11 is 0. The van der Waals surface area contributed by atoms with E-state index in [0.29, 0.717) is 12.1 Å². The van der Waals surface area contributed by atoms with Gasteiger partial charge >= 0.3 is 0 Å². The lowest BCUT2D eigenvalue weighted by molar-refractivity contribution is 0.101. The fourth-order valence-corrected chi connectivity index (χ4v) is 2.09. The summed E-state index contributed by atoms with van der Waals surface area (Å²) in [5.41, 5.74) is 7.35. The number of Topliss-reactive ketones (excluding diaryl/α,β-unsaturated/α-hetero) is 1. The number of ether oxygens (including phenoxy) is 1. The number of nitrogens with two attached hydrogens (primary N) is 1. The fraction of sp³-hybridized carbons (Fsp3) is 0.462. The van der Waals surface area contributed by atoms with Crippen LogP contribution in [0.1, 0.15) is 24.2 Å². The molecule has 1 aliphatic rings. The highest BCUT2D eigenvalue weighted by Gasteiger charge is 2.29. The Bertz CT molecular complexity index is 445. The van der Waals surface area contributed by atoms with E-state index in [4.69, 9.17) is 10.5 Å². The molecule has 4 nitrogen and oxygen atoms in total. The molecule has 2 unspecified atom stereocenters. The molecular weight excluding hydrogens is 216 g/mol. The van der Waals surface area contributed by atoms with E-state index in [-0.39, 0.29) is 17.9 Å². The third kappa shape index (κ3) is 2.00. The molecule has 1 aliphatic heterocycles. The third-order valence-electron chi connectivity index (χ3n) is 3.41. The van der Waals surface area contributed by atoms with Gasteiger partial charge in [0.15, 0.2) is 5.78 Å². The van der Waals surface area contributed by atoms with Crippen LogP contribution in [0.3, 0.4) is 0 Å². The number of benzene rings is 1. The predicted octanol–water partition coefficient (Wildman–Crippen LogP) is 1.43. The van der Waals surface area contributed by atoms with E-state index < -0.39 is 0 Å². The van der Waals surface area contributed by atoms with E-state index in [1.54, 1.807) is 13.0 Å². The molecule has 92 valence electrons. The fourth-order valence-electron chi connectivity index (χ4n) is 2.09. The van der Waals surface area contributed by atoms with Crippen molar-refractivity contribution in [2.45, 2.75) is 26.0 Å². The van der Waals surface area contributed by atoms with Crippen molar-refractivity contribution in [1.29, 1.82) is 0 Å². The summed E-state index contributed by atoms with van der Waals surface area (Å²) in [5, 5.41) is 0. The highest BCUT2D eigenvalue weighted by Crippen LogP contribution is 2.35. The SMILES string of the molecule is CC(=O)c1ccc2c(c1)N(C)C(C)C(CN)O2. The number of rotatable bonds is 2. The second kappa shape index (κ2) is 4.37. The van der Waals surface area contributed by atoms with Gasteiger partial charge in [-0.3, -0.25) is 4.79 Å². The Morgan fingerprint density at radius 3 is 2.82 bits per heavy atom. The van der Waals surface area contributed by atoms with Gasteiger partial charge in [0, 0.05) is 19.2 Å². The van der Waals surface area contributed by atoms with Gasteiger partial charge in [-0.15, -0.1) is 0 Å². The summed E-state index contributed by atoms with van der Waals surface area (Å²) in [4.78, 5) is 13.5. The first-order valence-corrected chi connectivity index (χ1v) is 5.79. The van der Waals surface area contributed by atoms with E-state index in [9.17, 15) is 4.79 Å². The second-order valence-electron chi connectivity index (χ2n) is 4.48. The lowest BCUT2D eigenvalue weighted by Gasteiger charge is -2.39. The molecule has 1 aromatic rings. The minimum Gasteiger partial charge on any atom is -0.485 e. The van der Waals surface area contributed by atoms with Gasteiger partial charge in [-0.25, -0.2) is 0 Å². The molecule has 0 saturated heterocycles. The van der Waals surface area contributed by atoms with Crippen LogP contribution in [-0.2, 0) is 0 Å². The zero-order valence-corrected chi connectivity index (χ0v) is 10.4. The normalized spacial score (nSPS) is 22.9. The van der Waals surface area contributed by atoms with Gasteiger partial charge in [0.25, 0.3) is 0 Å². The van der Waals surface area contributed by atoms with Gasteiger partial charge in [-0.1, -0.05) is 0 Å². The lowest BCUT2D eigenvalue weighted by atomic mass is 10.0. The summed E-state index contributed by atoms with van der Waals surface area (Å²) < 4.78 is 5.82. The van der Waals surface area contributed by atoms with Crippen molar-refractivity contribution in [1.82, 2.24) is 0 Å². The Hall–Kier alpha value is -1.55. The summed E-state index contributed by atoms with van der Waals surface area (Å²) in [6, 6.07) is 5.71. The molecule has 0 amide bonds. The Morgan fingerprint density at radius 1 is 1.53 bits per heavy atom. The molecule has 0 aliphatic carbocycles. The highest BCUT2D eigenvalue weighted by atomic mass is 16.5. The quantitative estimate of drug-likeness (QED) is 0.787. The van der Waals surface area contributed by atoms with Crippen molar-refractivity contribution < 1.29 is 9.53 Å². The molecule has 0 saturated carbocycles. The van der Waals surface area contributed by atoms with Gasteiger partial charge in [0.2, 0.25) is 0 Å². The Morgan fingerprint density at radius 2 is 2.24 bits per heavy atom. The smallest absolute Gasteiger partial charge is 0.159 e. The van der Waals surface area contributed by atoms with Crippen LogP contribution in [0.4, 0.5) is 5.69 Å². The number of hydrogen-bond donors (Lipinski definition) is 1. The van der Waals surface area contributed by atoms with Gasteiger partial charge in [0.1, 0.15) is 11.9 Å². The predicted molar refractivity (Wildman–Crippen MR) is 67.8 cm³/mol. The van der Waals surface area contributed by atoms with Gasteiger partial charge in [-0.05, 0) is 32.0 Å². The number of carbonyl (C=O) groups excluding carboxylic acids is 1. The molecular formula is C13H18N2O2. The van der Waals surface area contributed by atoms with E-state index in [1.807, 2.05) is 19.2 Å². The van der Waals surface area contributed by atoms with Crippen molar-refractivity contribution in [3.05, 3.63) is 23.8 Å². The molecule has 0 bridgehead atoms. The van der Waals surface area contributed by atoms with Crippen molar-refractivity contribution in [3.63, 3.8) is 0 Å². The topological polar surface area (TPSA) is 55.6 Å². The minimum atomic E-state index is -0.00400. The molecule has 17 heavy (non-hydrogen) atoms. The number of hydrogen-bond acceptors (Lipinski definition) is 4. The third-order valence-corrected chi connectivity index (χ3v) is 3.41. The molecule has 2 N–H and O–H groups in total. The lowest BCUT2D eigenvalue weighted by Crippen LogP contribution is -2.49. The molecule has 2 rings (SSSR count). The molecule has 2 atom stereocenters. The summed E-state index contributed by atoms with van der Waals surface area (Å²) in [6.07, 6.45) is -0.00400. The van der Waals surface area contributed by atoms with Crippen molar-refractivity contribution in [3.8, 4) is 5.75 Å². The van der Waals surface area contributed by atoms with E-state index in [2.05, 4.69) is 11.8 Å². The average molecular weight is 234 g/mol. The van der Waals surface area contributed by atoms with Crippen molar-refractivity contribution in [2.75, 3.05) is 18.5 Å². The van der Waals surface area contributed by atoms with E-state index >= 15 is 0 Å². The monoisotopic (exact) mass is 234 g/mol. The van der Waals surface area contributed by atoms with Crippen LogP contribution in [0, 0.1) is 0 Å². The molecule has 0 radical (unpaired) electrons. The molecule has 0 spiro atoms. The summed E-state index contributed by atoms with van der Waals surface area (Å²) in [5.74, 6) is 0.862. The number of likely N-dealkylation sites (N-methyl/N-ethyl adjacent to an activating group) is 1. The maximum Gasteiger partial charge on any atom is 0.159 e. The first-order chi connectivity index (χ1) is 8.04. The van der Waals surface area contributed by atoms with Crippen LogP contribution >= 0.6 is 0 Å². The van der Waals surface area contributed by atoms with Gasteiger partial charge in [-0.2, -0.15) is 0 Å². The van der Waals surface area contributed by atoms with Crippen LogP contribution in [0.25, 0.3) is 0 Å². The minimum absolute atomic E-state index is 0.00400. The zero-order valence-electron chi connectivity index (χ0n) is 10.4. The maximum atomic E-state index is 11.4. The summed E-state index contributed by atoms with van der Waals surface area (Å²) in [6.45, 7) is 4.12. The molecule has 0 fully saturated rings. The van der Waals surface area contributed by atoms with Crippen LogP contribution in [0.2, 0.25) is 0 Å². The molecule has 1 aromatic carbocycles. The molecule has 4 heteroatoms. The van der Waals surface area contributed by atoms with Gasteiger partial charge < -0.3 is 15.4 Å². The highest BCUT2D eigenvalue weighted by molar-refractivity contribution is 5.95. The molecule has 1 heterocycles. The first kappa shape index (κ1) is 11.9. The first-order valence-electron chi connectivity index (χ1n) is 5.79. The average Bonchev–Trinajstić information content (AvgIpc) is 2.33. The number of fused-ring (bicyclic) bond motifs is 1. The van der Waals surface area contributed by atoms with Gasteiger partial charge in [0.05, 0.1) is 11.7 Å². The maximum absolute atomic E-state index is 11.4. The van der Waals surface area contributed by atoms with Crippen LogP contribution in [0.15, 0.2) is 18.2 Å². The van der Waals surface area contributed by atoms with Crippen molar-refractivity contribution >= 4 is 11.5 Å². The Balaban J connectivity index is 2.42. The van der Waals surface area contributed by atoms with Crippen molar-refractivity contribution in [2.24, 2.45) is 5.73 Å². The van der Waals surface area contributed by atoms with E-state index in [0.717, 1.165) is 11.4 Å². The summed E-state index contributed by atoms with van der Waals surface area (Å²) in [7, 11) is 2.00. The van der Waals surface area contributed by atoms with Crippen LogP contribution in [-0.4, -0.2) is 31.5 Å². The Labute approximate surface area is 101 Å². The zero-order chi connectivity index (χ0) is 12.6.